The number of nitrogens with one attached hydrogen (secondary N) is 1. The van der Waals surface area contributed by atoms with Gasteiger partial charge >= 0.3 is 0 Å². The van der Waals surface area contributed by atoms with Crippen LogP contribution < -0.4 is 16.0 Å². The van der Waals surface area contributed by atoms with Gasteiger partial charge in [-0.2, -0.15) is 0 Å². The molecular formula is C18H19FN4O2. The molecule has 130 valence electrons. The molecule has 1 aromatic heterocycles. The zero-order valence-electron chi connectivity index (χ0n) is 13.9. The van der Waals surface area contributed by atoms with Gasteiger partial charge in [-0.25, -0.2) is 4.39 Å². The van der Waals surface area contributed by atoms with E-state index in [0.29, 0.717) is 11.4 Å². The Bertz CT molecular complexity index is 832. The van der Waals surface area contributed by atoms with Crippen molar-refractivity contribution < 1.29 is 14.0 Å². The molecule has 0 spiro atoms. The molecule has 1 fully saturated rings. The van der Waals surface area contributed by atoms with Crippen LogP contribution >= 0.6 is 0 Å². The van der Waals surface area contributed by atoms with Crippen molar-refractivity contribution >= 4 is 23.2 Å². The zero-order valence-corrected chi connectivity index (χ0v) is 13.9. The number of pyridine rings is 1. The van der Waals surface area contributed by atoms with Crippen LogP contribution in [-0.4, -0.2) is 29.9 Å². The molecule has 0 unspecified atom stereocenters. The summed E-state index contributed by atoms with van der Waals surface area (Å²) in [6.45, 7) is 3.32. The first kappa shape index (κ1) is 16.9. The number of primary amides is 1. The Hall–Kier alpha value is -2.96. The third-order valence-electron chi connectivity index (χ3n) is 4.25. The minimum atomic E-state index is -0.683. The van der Waals surface area contributed by atoms with Crippen LogP contribution in [0.5, 0.6) is 0 Å². The second kappa shape index (κ2) is 6.88. The monoisotopic (exact) mass is 342 g/mol. The second-order valence-electron chi connectivity index (χ2n) is 6.03. The molecule has 0 atom stereocenters. The number of carbonyl (C=O) groups excluding carboxylic acids is 2. The first-order valence-electron chi connectivity index (χ1n) is 8.08. The zero-order chi connectivity index (χ0) is 18.0. The van der Waals surface area contributed by atoms with E-state index in [9.17, 15) is 14.0 Å². The van der Waals surface area contributed by atoms with Crippen molar-refractivity contribution in [3.63, 3.8) is 0 Å². The SMILES string of the molecule is Cc1nccc(NC(=O)c2cc(F)cc(N3CCCC3)c2)c1C(N)=O. The smallest absolute Gasteiger partial charge is 0.255 e. The van der Waals surface area contributed by atoms with Gasteiger partial charge in [0.2, 0.25) is 0 Å². The largest absolute Gasteiger partial charge is 0.371 e. The van der Waals surface area contributed by atoms with Crippen molar-refractivity contribution in [2.24, 2.45) is 5.73 Å². The van der Waals surface area contributed by atoms with E-state index in [0.717, 1.165) is 25.9 Å². The molecule has 3 N–H and O–H groups in total. The molecule has 0 bridgehead atoms. The molecule has 1 saturated heterocycles. The number of hydrogen-bond donors (Lipinski definition) is 2. The number of hydrogen-bond acceptors (Lipinski definition) is 4. The van der Waals surface area contributed by atoms with E-state index in [1.807, 2.05) is 4.90 Å². The number of nitrogens with two attached hydrogens (primary N) is 1. The number of benzene rings is 1. The Labute approximate surface area is 144 Å². The highest BCUT2D eigenvalue weighted by atomic mass is 19.1. The Morgan fingerprint density at radius 2 is 1.96 bits per heavy atom. The lowest BCUT2D eigenvalue weighted by atomic mass is 10.1. The summed E-state index contributed by atoms with van der Waals surface area (Å²) >= 11 is 0. The number of anilines is 2. The molecule has 1 aliphatic heterocycles. The predicted octanol–water partition coefficient (Wildman–Crippen LogP) is 2.48. The summed E-state index contributed by atoms with van der Waals surface area (Å²) in [5.41, 5.74) is 7.06. The molecular weight excluding hydrogens is 323 g/mol. The molecule has 1 aliphatic rings. The van der Waals surface area contributed by atoms with E-state index < -0.39 is 17.6 Å². The molecule has 0 saturated carbocycles. The van der Waals surface area contributed by atoms with E-state index in [1.165, 1.54) is 24.4 Å². The summed E-state index contributed by atoms with van der Waals surface area (Å²) in [5, 5.41) is 2.63. The van der Waals surface area contributed by atoms with E-state index in [2.05, 4.69) is 10.3 Å². The fraction of sp³-hybridized carbons (Fsp3) is 0.278. The number of rotatable bonds is 4. The number of aryl methyl sites for hydroxylation is 1. The van der Waals surface area contributed by atoms with Gasteiger partial charge in [0.05, 0.1) is 16.9 Å². The topological polar surface area (TPSA) is 88.3 Å². The third kappa shape index (κ3) is 3.60. The van der Waals surface area contributed by atoms with Crippen LogP contribution in [0.25, 0.3) is 0 Å². The van der Waals surface area contributed by atoms with Crippen molar-refractivity contribution in [2.45, 2.75) is 19.8 Å². The quantitative estimate of drug-likeness (QED) is 0.893. The minimum Gasteiger partial charge on any atom is -0.371 e. The van der Waals surface area contributed by atoms with Crippen LogP contribution in [0.15, 0.2) is 30.5 Å². The molecule has 2 heterocycles. The lowest BCUT2D eigenvalue weighted by molar-refractivity contribution is 0.1000. The van der Waals surface area contributed by atoms with E-state index in [1.54, 1.807) is 13.0 Å². The summed E-state index contributed by atoms with van der Waals surface area (Å²) in [6, 6.07) is 5.74. The molecule has 25 heavy (non-hydrogen) atoms. The Morgan fingerprint density at radius 3 is 2.64 bits per heavy atom. The van der Waals surface area contributed by atoms with E-state index in [4.69, 9.17) is 5.73 Å². The molecule has 2 amide bonds. The third-order valence-corrected chi connectivity index (χ3v) is 4.25. The summed E-state index contributed by atoms with van der Waals surface area (Å²) in [7, 11) is 0. The Balaban J connectivity index is 1.89. The van der Waals surface area contributed by atoms with Crippen molar-refractivity contribution in [2.75, 3.05) is 23.3 Å². The average molecular weight is 342 g/mol. The number of halogens is 1. The van der Waals surface area contributed by atoms with Crippen LogP contribution in [-0.2, 0) is 0 Å². The number of aromatic nitrogens is 1. The van der Waals surface area contributed by atoms with E-state index in [-0.39, 0.29) is 16.8 Å². The lowest BCUT2D eigenvalue weighted by Gasteiger charge is -2.18. The summed E-state index contributed by atoms with van der Waals surface area (Å²) in [4.78, 5) is 30.2. The van der Waals surface area contributed by atoms with Crippen molar-refractivity contribution in [3.8, 4) is 0 Å². The van der Waals surface area contributed by atoms with Crippen molar-refractivity contribution in [3.05, 3.63) is 53.1 Å². The number of amides is 2. The molecule has 2 aromatic rings. The number of carbonyl (C=O) groups is 2. The van der Waals surface area contributed by atoms with Crippen LogP contribution in [0.2, 0.25) is 0 Å². The van der Waals surface area contributed by atoms with Gasteiger partial charge < -0.3 is 16.0 Å². The van der Waals surface area contributed by atoms with Gasteiger partial charge in [0.25, 0.3) is 11.8 Å². The lowest BCUT2D eigenvalue weighted by Crippen LogP contribution is -2.21. The van der Waals surface area contributed by atoms with Crippen LogP contribution in [0.1, 0.15) is 39.3 Å². The maximum atomic E-state index is 14.0. The fourth-order valence-corrected chi connectivity index (χ4v) is 3.04. The first-order valence-corrected chi connectivity index (χ1v) is 8.08. The maximum absolute atomic E-state index is 14.0. The normalized spacial score (nSPS) is 13.8. The highest BCUT2D eigenvalue weighted by Crippen LogP contribution is 2.24. The molecule has 6 nitrogen and oxygen atoms in total. The van der Waals surface area contributed by atoms with Gasteiger partial charge in [0, 0.05) is 30.5 Å². The summed E-state index contributed by atoms with van der Waals surface area (Å²) < 4.78 is 14.0. The van der Waals surface area contributed by atoms with Gasteiger partial charge in [-0.1, -0.05) is 0 Å². The molecule has 0 aliphatic carbocycles. The molecule has 0 radical (unpaired) electrons. The van der Waals surface area contributed by atoms with Gasteiger partial charge in [-0.15, -0.1) is 0 Å². The van der Waals surface area contributed by atoms with Crippen molar-refractivity contribution in [1.82, 2.24) is 4.98 Å². The highest BCUT2D eigenvalue weighted by Gasteiger charge is 2.18. The molecule has 7 heteroatoms. The average Bonchev–Trinajstić information content (AvgIpc) is 3.08. The van der Waals surface area contributed by atoms with Gasteiger partial charge in [0.15, 0.2) is 0 Å². The Kier molecular flexibility index (Phi) is 4.65. The van der Waals surface area contributed by atoms with E-state index >= 15 is 0 Å². The Morgan fingerprint density at radius 1 is 1.24 bits per heavy atom. The van der Waals surface area contributed by atoms with Crippen LogP contribution in [0, 0.1) is 12.7 Å². The van der Waals surface area contributed by atoms with Gasteiger partial charge in [0.1, 0.15) is 5.82 Å². The fourth-order valence-electron chi connectivity index (χ4n) is 3.04. The van der Waals surface area contributed by atoms with Crippen LogP contribution in [0.4, 0.5) is 15.8 Å². The number of nitrogens with zero attached hydrogens (tertiary/aromatic N) is 2. The standard InChI is InChI=1S/C18H19FN4O2/c1-11-16(17(20)24)15(4-5-21-11)22-18(25)12-8-13(19)10-14(9-12)23-6-2-3-7-23/h4-5,8-10H,2-3,6-7H2,1H3,(H2,20,24)(H,21,22,25). The highest BCUT2D eigenvalue weighted by molar-refractivity contribution is 6.09. The van der Waals surface area contributed by atoms with Crippen molar-refractivity contribution in [1.29, 1.82) is 0 Å². The minimum absolute atomic E-state index is 0.145. The van der Waals surface area contributed by atoms with Gasteiger partial charge in [-0.3, -0.25) is 14.6 Å². The molecule has 3 rings (SSSR count). The van der Waals surface area contributed by atoms with Crippen LogP contribution in [0.3, 0.4) is 0 Å². The second-order valence-corrected chi connectivity index (χ2v) is 6.03. The van der Waals surface area contributed by atoms with Gasteiger partial charge in [-0.05, 0) is 44.0 Å². The summed E-state index contributed by atoms with van der Waals surface area (Å²) in [5.74, 6) is -1.67. The first-order chi connectivity index (χ1) is 12.0. The molecule has 1 aromatic carbocycles. The predicted molar refractivity (Wildman–Crippen MR) is 93.3 cm³/mol. The maximum Gasteiger partial charge on any atom is 0.255 e. The summed E-state index contributed by atoms with van der Waals surface area (Å²) in [6.07, 6.45) is 3.57.